The minimum absolute atomic E-state index is 0.335. The van der Waals surface area contributed by atoms with Crippen molar-refractivity contribution in [3.8, 4) is 17.0 Å². The third-order valence-electron chi connectivity index (χ3n) is 3.39. The predicted octanol–water partition coefficient (Wildman–Crippen LogP) is 3.42. The third-order valence-corrected chi connectivity index (χ3v) is 3.39. The van der Waals surface area contributed by atoms with Gasteiger partial charge in [0.25, 0.3) is 0 Å². The molecule has 0 aliphatic rings. The van der Waals surface area contributed by atoms with Gasteiger partial charge in [0.15, 0.2) is 0 Å². The van der Waals surface area contributed by atoms with Gasteiger partial charge in [0.2, 0.25) is 0 Å². The van der Waals surface area contributed by atoms with Crippen LogP contribution in [0.4, 0.5) is 13.2 Å². The molecule has 0 unspecified atom stereocenters. The molecule has 0 aliphatic heterocycles. The highest BCUT2D eigenvalue weighted by atomic mass is 19.4. The fourth-order valence-corrected chi connectivity index (χ4v) is 2.27. The maximum Gasteiger partial charge on any atom is 0.416 e. The van der Waals surface area contributed by atoms with Crippen LogP contribution in [0, 0.1) is 0 Å². The predicted molar refractivity (Wildman–Crippen MR) is 80.4 cm³/mol. The van der Waals surface area contributed by atoms with E-state index in [2.05, 4.69) is 15.1 Å². The zero-order chi connectivity index (χ0) is 17.2. The molecule has 0 radical (unpaired) electrons. The number of aromatic nitrogens is 4. The molecule has 3 rings (SSSR count). The van der Waals surface area contributed by atoms with Gasteiger partial charge in [0, 0.05) is 5.56 Å². The van der Waals surface area contributed by atoms with Crippen molar-refractivity contribution in [1.29, 1.82) is 0 Å². The van der Waals surface area contributed by atoms with E-state index in [0.717, 1.165) is 12.1 Å². The summed E-state index contributed by atoms with van der Waals surface area (Å²) in [5.74, 6) is 0.400. The van der Waals surface area contributed by atoms with Crippen LogP contribution in [0.25, 0.3) is 11.3 Å². The average Bonchev–Trinajstić information content (AvgIpc) is 3.07. The molecule has 2 aromatic heterocycles. The van der Waals surface area contributed by atoms with Crippen LogP contribution in [0.3, 0.4) is 0 Å². The van der Waals surface area contributed by atoms with Crippen LogP contribution in [0.5, 0.6) is 5.75 Å². The minimum Gasteiger partial charge on any atom is -0.494 e. The molecular formula is C16H13F3N4O. The molecule has 0 spiro atoms. The van der Waals surface area contributed by atoms with Gasteiger partial charge in [-0.05, 0) is 24.3 Å². The second kappa shape index (κ2) is 6.31. The summed E-state index contributed by atoms with van der Waals surface area (Å²) >= 11 is 0. The summed E-state index contributed by atoms with van der Waals surface area (Å²) in [4.78, 5) is 8.28. The van der Waals surface area contributed by atoms with Crippen molar-refractivity contribution in [1.82, 2.24) is 19.7 Å². The SMILES string of the molecule is COc1ccc(Cn2cncn2)nc1-c1cccc(C(F)(F)F)c1. The molecule has 0 aliphatic carbocycles. The first-order chi connectivity index (χ1) is 11.5. The Balaban J connectivity index is 2.02. The van der Waals surface area contributed by atoms with E-state index in [4.69, 9.17) is 4.74 Å². The lowest BCUT2D eigenvalue weighted by molar-refractivity contribution is -0.137. The maximum atomic E-state index is 12.9. The smallest absolute Gasteiger partial charge is 0.416 e. The van der Waals surface area contributed by atoms with Crippen LogP contribution in [-0.4, -0.2) is 26.9 Å². The summed E-state index contributed by atoms with van der Waals surface area (Å²) in [6.07, 6.45) is -1.48. The van der Waals surface area contributed by atoms with Gasteiger partial charge in [-0.2, -0.15) is 18.3 Å². The van der Waals surface area contributed by atoms with Crippen molar-refractivity contribution in [3.05, 3.63) is 60.3 Å². The molecule has 0 amide bonds. The Kier molecular flexibility index (Phi) is 4.20. The molecule has 24 heavy (non-hydrogen) atoms. The van der Waals surface area contributed by atoms with Gasteiger partial charge in [-0.1, -0.05) is 12.1 Å². The molecule has 2 heterocycles. The van der Waals surface area contributed by atoms with Crippen molar-refractivity contribution >= 4 is 0 Å². The first-order valence-corrected chi connectivity index (χ1v) is 7.01. The van der Waals surface area contributed by atoms with Crippen molar-refractivity contribution in [2.24, 2.45) is 0 Å². The second-order valence-corrected chi connectivity index (χ2v) is 5.03. The normalized spacial score (nSPS) is 11.5. The van der Waals surface area contributed by atoms with Crippen LogP contribution < -0.4 is 4.74 Å². The van der Waals surface area contributed by atoms with Crippen LogP contribution >= 0.6 is 0 Å². The van der Waals surface area contributed by atoms with Gasteiger partial charge < -0.3 is 4.74 Å². The molecule has 5 nitrogen and oxygen atoms in total. The Labute approximate surface area is 135 Å². The van der Waals surface area contributed by atoms with Crippen molar-refractivity contribution in [2.45, 2.75) is 12.7 Å². The Morgan fingerprint density at radius 1 is 1.17 bits per heavy atom. The van der Waals surface area contributed by atoms with Gasteiger partial charge in [-0.3, -0.25) is 0 Å². The lowest BCUT2D eigenvalue weighted by atomic mass is 10.1. The lowest BCUT2D eigenvalue weighted by Gasteiger charge is -2.12. The summed E-state index contributed by atoms with van der Waals surface area (Å²) in [5.41, 5.74) is 0.586. The maximum absolute atomic E-state index is 12.9. The largest absolute Gasteiger partial charge is 0.494 e. The Bertz CT molecular complexity index is 832. The van der Waals surface area contributed by atoms with E-state index in [0.29, 0.717) is 29.2 Å². The summed E-state index contributed by atoms with van der Waals surface area (Å²) in [7, 11) is 1.45. The van der Waals surface area contributed by atoms with Crippen molar-refractivity contribution in [2.75, 3.05) is 7.11 Å². The number of benzene rings is 1. The topological polar surface area (TPSA) is 52.8 Å². The number of pyridine rings is 1. The Hall–Kier alpha value is -2.90. The van der Waals surface area contributed by atoms with E-state index in [1.807, 2.05) is 0 Å². The van der Waals surface area contributed by atoms with Gasteiger partial charge in [-0.25, -0.2) is 14.6 Å². The second-order valence-electron chi connectivity index (χ2n) is 5.03. The molecule has 8 heteroatoms. The highest BCUT2D eigenvalue weighted by Gasteiger charge is 2.30. The summed E-state index contributed by atoms with van der Waals surface area (Å²) in [6, 6.07) is 8.41. The molecule has 0 fully saturated rings. The number of alkyl halides is 3. The molecular weight excluding hydrogens is 321 g/mol. The monoisotopic (exact) mass is 334 g/mol. The first-order valence-electron chi connectivity index (χ1n) is 7.01. The highest BCUT2D eigenvalue weighted by molar-refractivity contribution is 5.67. The van der Waals surface area contributed by atoms with Crippen LogP contribution in [0.2, 0.25) is 0 Å². The summed E-state index contributed by atoms with van der Waals surface area (Å²) in [5, 5.41) is 3.99. The molecule has 1 aromatic carbocycles. The quantitative estimate of drug-likeness (QED) is 0.734. The fraction of sp³-hybridized carbons (Fsp3) is 0.188. The van der Waals surface area contributed by atoms with E-state index in [1.165, 1.54) is 25.8 Å². The van der Waals surface area contributed by atoms with E-state index < -0.39 is 11.7 Å². The fourth-order valence-electron chi connectivity index (χ4n) is 2.27. The van der Waals surface area contributed by atoms with Gasteiger partial charge in [-0.15, -0.1) is 0 Å². The molecule has 3 aromatic rings. The zero-order valence-corrected chi connectivity index (χ0v) is 12.7. The number of methoxy groups -OCH3 is 1. The van der Waals surface area contributed by atoms with Gasteiger partial charge in [0.05, 0.1) is 24.9 Å². The van der Waals surface area contributed by atoms with Crippen molar-refractivity contribution < 1.29 is 17.9 Å². The Morgan fingerprint density at radius 3 is 2.67 bits per heavy atom. The molecule has 0 atom stereocenters. The zero-order valence-electron chi connectivity index (χ0n) is 12.7. The minimum atomic E-state index is -4.42. The number of ether oxygens (including phenoxy) is 1. The molecule has 0 bridgehead atoms. The van der Waals surface area contributed by atoms with Crippen molar-refractivity contribution in [3.63, 3.8) is 0 Å². The average molecular weight is 334 g/mol. The van der Waals surface area contributed by atoms with E-state index in [9.17, 15) is 13.2 Å². The molecule has 0 N–H and O–H groups in total. The van der Waals surface area contributed by atoms with E-state index in [-0.39, 0.29) is 0 Å². The van der Waals surface area contributed by atoms with Gasteiger partial charge in [0.1, 0.15) is 24.1 Å². The van der Waals surface area contributed by atoms with E-state index >= 15 is 0 Å². The summed E-state index contributed by atoms with van der Waals surface area (Å²) < 4.78 is 45.6. The van der Waals surface area contributed by atoms with Crippen LogP contribution in [0.1, 0.15) is 11.3 Å². The summed E-state index contributed by atoms with van der Waals surface area (Å²) in [6.45, 7) is 0.357. The number of nitrogens with zero attached hydrogens (tertiary/aromatic N) is 4. The number of halogens is 3. The lowest BCUT2D eigenvalue weighted by Crippen LogP contribution is -2.06. The number of hydrogen-bond acceptors (Lipinski definition) is 4. The molecule has 124 valence electrons. The first kappa shape index (κ1) is 16.0. The highest BCUT2D eigenvalue weighted by Crippen LogP contribution is 2.34. The van der Waals surface area contributed by atoms with Crippen LogP contribution in [0.15, 0.2) is 49.1 Å². The molecule has 0 saturated carbocycles. The third kappa shape index (κ3) is 3.37. The molecule has 0 saturated heterocycles. The van der Waals surface area contributed by atoms with Crippen LogP contribution in [-0.2, 0) is 12.7 Å². The standard InChI is InChI=1S/C16H13F3N4O/c1-24-14-6-5-13(8-23-10-20-9-21-23)22-15(14)11-3-2-4-12(7-11)16(17,18)19/h2-7,9-10H,8H2,1H3. The van der Waals surface area contributed by atoms with E-state index in [1.54, 1.807) is 22.9 Å². The number of rotatable bonds is 4. The number of hydrogen-bond donors (Lipinski definition) is 0. The Morgan fingerprint density at radius 2 is 2.00 bits per heavy atom. The van der Waals surface area contributed by atoms with Gasteiger partial charge >= 0.3 is 6.18 Å².